The molecular formula is C19H25N3O4. The molecule has 1 atom stereocenters. The van der Waals surface area contributed by atoms with Crippen molar-refractivity contribution in [2.24, 2.45) is 5.92 Å². The lowest BCUT2D eigenvalue weighted by Crippen LogP contribution is -2.49. The molecule has 1 aromatic carbocycles. The second-order valence-electron chi connectivity index (χ2n) is 7.13. The SMILES string of the molecule is O=C(NC1CCN(C(=O)N2OC2c2ccccc2)CC1)C1CCOCC1. The van der Waals surface area contributed by atoms with Gasteiger partial charge in [-0.05, 0) is 25.7 Å². The fraction of sp³-hybridized carbons (Fsp3) is 0.579. The van der Waals surface area contributed by atoms with Crippen LogP contribution in [0.3, 0.4) is 0 Å². The zero-order valence-electron chi connectivity index (χ0n) is 14.8. The molecule has 3 aliphatic heterocycles. The molecular weight excluding hydrogens is 334 g/mol. The quantitative estimate of drug-likeness (QED) is 0.839. The van der Waals surface area contributed by atoms with Crippen LogP contribution < -0.4 is 5.32 Å². The van der Waals surface area contributed by atoms with E-state index in [0.29, 0.717) is 26.3 Å². The highest BCUT2D eigenvalue weighted by atomic mass is 16.8. The van der Waals surface area contributed by atoms with Crippen molar-refractivity contribution in [3.8, 4) is 0 Å². The van der Waals surface area contributed by atoms with Gasteiger partial charge in [0.25, 0.3) is 0 Å². The van der Waals surface area contributed by atoms with Crippen molar-refractivity contribution in [1.29, 1.82) is 0 Å². The Morgan fingerprint density at radius 2 is 1.69 bits per heavy atom. The van der Waals surface area contributed by atoms with Gasteiger partial charge < -0.3 is 15.0 Å². The van der Waals surface area contributed by atoms with Gasteiger partial charge in [-0.25, -0.2) is 9.63 Å². The number of nitrogens with one attached hydrogen (secondary N) is 1. The molecule has 0 saturated carbocycles. The van der Waals surface area contributed by atoms with Gasteiger partial charge in [-0.2, -0.15) is 5.06 Å². The van der Waals surface area contributed by atoms with Gasteiger partial charge in [-0.1, -0.05) is 30.3 Å². The van der Waals surface area contributed by atoms with Crippen LogP contribution in [0.2, 0.25) is 0 Å². The van der Waals surface area contributed by atoms with Crippen LogP contribution in [0.5, 0.6) is 0 Å². The maximum atomic E-state index is 12.5. The van der Waals surface area contributed by atoms with Crippen molar-refractivity contribution < 1.29 is 19.2 Å². The zero-order chi connectivity index (χ0) is 17.9. The maximum absolute atomic E-state index is 12.5. The monoisotopic (exact) mass is 359 g/mol. The van der Waals surface area contributed by atoms with E-state index in [1.807, 2.05) is 30.3 Å². The van der Waals surface area contributed by atoms with E-state index in [2.05, 4.69) is 5.32 Å². The van der Waals surface area contributed by atoms with Crippen LogP contribution in [0.1, 0.15) is 37.5 Å². The molecule has 7 heteroatoms. The molecule has 3 amide bonds. The molecule has 26 heavy (non-hydrogen) atoms. The summed E-state index contributed by atoms with van der Waals surface area (Å²) in [5.74, 6) is 0.206. The molecule has 0 spiro atoms. The largest absolute Gasteiger partial charge is 0.381 e. The number of benzene rings is 1. The maximum Gasteiger partial charge on any atom is 0.346 e. The van der Waals surface area contributed by atoms with Gasteiger partial charge in [0.05, 0.1) is 0 Å². The molecule has 1 aromatic rings. The number of hydroxylamine groups is 2. The average molecular weight is 359 g/mol. The number of carbonyl (C=O) groups excluding carboxylic acids is 2. The lowest BCUT2D eigenvalue weighted by atomic mass is 9.97. The minimum atomic E-state index is -0.269. The third-order valence-corrected chi connectivity index (χ3v) is 5.36. The molecule has 1 N–H and O–H groups in total. The molecule has 4 rings (SSSR count). The third-order valence-electron chi connectivity index (χ3n) is 5.36. The second kappa shape index (κ2) is 7.63. The summed E-state index contributed by atoms with van der Waals surface area (Å²) in [6.07, 6.45) is 2.90. The minimum absolute atomic E-state index is 0.0704. The van der Waals surface area contributed by atoms with E-state index in [0.717, 1.165) is 31.2 Å². The Morgan fingerprint density at radius 3 is 2.38 bits per heavy atom. The van der Waals surface area contributed by atoms with E-state index >= 15 is 0 Å². The highest BCUT2D eigenvalue weighted by Gasteiger charge is 2.45. The molecule has 140 valence electrons. The first-order chi connectivity index (χ1) is 12.7. The lowest BCUT2D eigenvalue weighted by molar-refractivity contribution is -0.128. The molecule has 0 aliphatic carbocycles. The Kier molecular flexibility index (Phi) is 5.08. The number of likely N-dealkylation sites (tertiary alicyclic amines) is 1. The standard InChI is InChI=1S/C19H25N3O4/c23-17(14-8-12-25-13-9-14)20-16-6-10-21(11-7-16)19(24)22-18(26-22)15-4-2-1-3-5-15/h1-5,14,16,18H,6-13H2,(H,20,23). The molecule has 0 bridgehead atoms. The average Bonchev–Trinajstić information content (AvgIpc) is 3.50. The summed E-state index contributed by atoms with van der Waals surface area (Å²) < 4.78 is 5.31. The summed E-state index contributed by atoms with van der Waals surface area (Å²) in [4.78, 5) is 32.1. The predicted molar refractivity (Wildman–Crippen MR) is 93.8 cm³/mol. The van der Waals surface area contributed by atoms with Crippen LogP contribution in [0, 0.1) is 5.92 Å². The molecule has 0 aromatic heterocycles. The first-order valence-electron chi connectivity index (χ1n) is 9.40. The molecule has 1 unspecified atom stereocenters. The summed E-state index contributed by atoms with van der Waals surface area (Å²) in [6.45, 7) is 2.62. The van der Waals surface area contributed by atoms with E-state index in [4.69, 9.17) is 9.57 Å². The zero-order valence-corrected chi connectivity index (χ0v) is 14.8. The molecule has 3 fully saturated rings. The molecule has 3 saturated heterocycles. The van der Waals surface area contributed by atoms with Crippen LogP contribution in [0.15, 0.2) is 30.3 Å². The van der Waals surface area contributed by atoms with Crippen LogP contribution >= 0.6 is 0 Å². The summed E-state index contributed by atoms with van der Waals surface area (Å²) in [5, 5.41) is 4.58. The Bertz CT molecular complexity index is 639. The predicted octanol–water partition coefficient (Wildman–Crippen LogP) is 2.06. The van der Waals surface area contributed by atoms with Crippen molar-refractivity contribution in [3.63, 3.8) is 0 Å². The lowest BCUT2D eigenvalue weighted by Gasteiger charge is -2.33. The summed E-state index contributed by atoms with van der Waals surface area (Å²) in [5.41, 5.74) is 0.986. The van der Waals surface area contributed by atoms with Crippen LogP contribution in [0.4, 0.5) is 4.79 Å². The van der Waals surface area contributed by atoms with E-state index in [9.17, 15) is 9.59 Å². The van der Waals surface area contributed by atoms with Gasteiger partial charge in [-0.15, -0.1) is 0 Å². The Labute approximate surface area is 153 Å². The van der Waals surface area contributed by atoms with Gasteiger partial charge in [0.1, 0.15) is 0 Å². The number of piperidine rings is 1. The molecule has 3 heterocycles. The number of amides is 3. The highest BCUT2D eigenvalue weighted by Crippen LogP contribution is 2.38. The van der Waals surface area contributed by atoms with E-state index in [1.165, 1.54) is 5.06 Å². The fourth-order valence-corrected chi connectivity index (χ4v) is 3.67. The van der Waals surface area contributed by atoms with E-state index in [-0.39, 0.29) is 30.1 Å². The molecule has 3 aliphatic rings. The second-order valence-corrected chi connectivity index (χ2v) is 7.13. The fourth-order valence-electron chi connectivity index (χ4n) is 3.67. The smallest absolute Gasteiger partial charge is 0.346 e. The first-order valence-corrected chi connectivity index (χ1v) is 9.40. The number of hydrogen-bond donors (Lipinski definition) is 1. The van der Waals surface area contributed by atoms with Gasteiger partial charge in [-0.3, -0.25) is 4.79 Å². The first kappa shape index (κ1) is 17.3. The van der Waals surface area contributed by atoms with Crippen molar-refractivity contribution in [3.05, 3.63) is 35.9 Å². The third kappa shape index (κ3) is 3.83. The number of ether oxygens (including phenoxy) is 1. The normalized spacial score (nSPS) is 24.4. The minimum Gasteiger partial charge on any atom is -0.381 e. The number of urea groups is 1. The molecule has 7 nitrogen and oxygen atoms in total. The van der Waals surface area contributed by atoms with Gasteiger partial charge in [0, 0.05) is 43.8 Å². The summed E-state index contributed by atoms with van der Waals surface area (Å²) >= 11 is 0. The van der Waals surface area contributed by atoms with Crippen LogP contribution in [-0.4, -0.2) is 54.2 Å². The number of hydrogen-bond acceptors (Lipinski definition) is 4. The van der Waals surface area contributed by atoms with Crippen molar-refractivity contribution in [1.82, 2.24) is 15.3 Å². The number of nitrogens with zero attached hydrogens (tertiary/aromatic N) is 2. The Morgan fingerprint density at radius 1 is 1.00 bits per heavy atom. The number of rotatable bonds is 3. The summed E-state index contributed by atoms with van der Waals surface area (Å²) in [7, 11) is 0. The summed E-state index contributed by atoms with van der Waals surface area (Å²) in [6, 6.07) is 9.78. The van der Waals surface area contributed by atoms with Crippen molar-refractivity contribution in [2.45, 2.75) is 38.0 Å². The van der Waals surface area contributed by atoms with Crippen LogP contribution in [0.25, 0.3) is 0 Å². The van der Waals surface area contributed by atoms with E-state index < -0.39 is 0 Å². The Balaban J connectivity index is 1.22. The van der Waals surface area contributed by atoms with Crippen LogP contribution in [-0.2, 0) is 14.4 Å². The van der Waals surface area contributed by atoms with Gasteiger partial charge in [0.15, 0.2) is 0 Å². The molecule has 0 radical (unpaired) electrons. The van der Waals surface area contributed by atoms with Gasteiger partial charge in [0.2, 0.25) is 12.1 Å². The van der Waals surface area contributed by atoms with E-state index in [1.54, 1.807) is 4.90 Å². The number of carbonyl (C=O) groups is 2. The van der Waals surface area contributed by atoms with Gasteiger partial charge >= 0.3 is 6.03 Å². The van der Waals surface area contributed by atoms with Crippen molar-refractivity contribution >= 4 is 11.9 Å². The topological polar surface area (TPSA) is 74.2 Å². The Hall–Kier alpha value is -2.12. The highest BCUT2D eigenvalue weighted by molar-refractivity contribution is 5.79. The van der Waals surface area contributed by atoms with Crippen molar-refractivity contribution in [2.75, 3.05) is 26.3 Å².